The lowest BCUT2D eigenvalue weighted by atomic mass is 10.2. The Balaban J connectivity index is 3.32. The molecule has 0 aliphatic carbocycles. The van der Waals surface area contributed by atoms with Crippen LogP contribution in [0.4, 0.5) is 18.9 Å². The fourth-order valence-electron chi connectivity index (χ4n) is 0.838. The number of rotatable bonds is 1. The van der Waals surface area contributed by atoms with Crippen LogP contribution in [0.3, 0.4) is 0 Å². The van der Waals surface area contributed by atoms with E-state index in [1.54, 1.807) is 0 Å². The summed E-state index contributed by atoms with van der Waals surface area (Å²) in [6.45, 7) is 0. The summed E-state index contributed by atoms with van der Waals surface area (Å²) < 4.78 is 39.1. The Bertz CT molecular complexity index is 472. The monoisotopic (exact) mass is 219 g/mol. The maximum Gasteiger partial charge on any atom is 0.573 e. The Labute approximate surface area is 80.9 Å². The maximum absolute atomic E-state index is 11.9. The average molecular weight is 219 g/mol. The van der Waals surface area contributed by atoms with Crippen molar-refractivity contribution in [1.29, 1.82) is 5.26 Å². The molecule has 0 unspecified atom stereocenters. The first-order valence-corrected chi connectivity index (χ1v) is 3.52. The van der Waals surface area contributed by atoms with E-state index < -0.39 is 28.9 Å². The number of H-pyrrole nitrogens is 1. The summed E-state index contributed by atoms with van der Waals surface area (Å²) in [6.07, 6.45) is -4.22. The van der Waals surface area contributed by atoms with Crippen molar-refractivity contribution in [3.05, 3.63) is 22.1 Å². The van der Waals surface area contributed by atoms with Crippen LogP contribution in [0.25, 0.3) is 0 Å². The van der Waals surface area contributed by atoms with E-state index in [0.717, 1.165) is 6.20 Å². The molecule has 0 saturated carbocycles. The third-order valence-corrected chi connectivity index (χ3v) is 1.42. The van der Waals surface area contributed by atoms with Crippen molar-refractivity contribution < 1.29 is 17.9 Å². The van der Waals surface area contributed by atoms with Gasteiger partial charge in [0.05, 0.1) is 0 Å². The Morgan fingerprint density at radius 1 is 1.53 bits per heavy atom. The molecule has 0 radical (unpaired) electrons. The third-order valence-electron chi connectivity index (χ3n) is 1.42. The van der Waals surface area contributed by atoms with Gasteiger partial charge >= 0.3 is 6.36 Å². The zero-order valence-corrected chi connectivity index (χ0v) is 7.05. The number of alkyl halides is 3. The van der Waals surface area contributed by atoms with Crippen LogP contribution in [0.15, 0.2) is 11.0 Å². The second-order valence-electron chi connectivity index (χ2n) is 2.43. The topological polar surface area (TPSA) is 91.9 Å². The molecule has 0 fully saturated rings. The average Bonchev–Trinajstić information content (AvgIpc) is 2.11. The predicted molar refractivity (Wildman–Crippen MR) is 42.9 cm³/mol. The molecule has 0 aliphatic heterocycles. The van der Waals surface area contributed by atoms with Gasteiger partial charge in [0.25, 0.3) is 5.56 Å². The van der Waals surface area contributed by atoms with Crippen molar-refractivity contribution in [2.75, 3.05) is 5.73 Å². The maximum atomic E-state index is 11.9. The number of hydrogen-bond acceptors (Lipinski definition) is 4. The summed E-state index contributed by atoms with van der Waals surface area (Å²) in [7, 11) is 0. The molecule has 3 N–H and O–H groups in total. The van der Waals surface area contributed by atoms with Gasteiger partial charge in [-0.15, -0.1) is 13.2 Å². The number of nitrogen functional groups attached to an aromatic ring is 1. The molecule has 1 aromatic heterocycles. The molecule has 0 spiro atoms. The zero-order valence-electron chi connectivity index (χ0n) is 7.05. The summed E-state index contributed by atoms with van der Waals surface area (Å²) in [5.74, 6) is -0.978. The van der Waals surface area contributed by atoms with E-state index in [4.69, 9.17) is 11.0 Å². The highest BCUT2D eigenvalue weighted by molar-refractivity contribution is 5.58. The standard InChI is InChI=1S/C7H4F3N3O2/c8-7(9,10)15-5-3(1-11)2-13-6(14)4(5)12/h2H,12H2,(H,13,14). The zero-order chi connectivity index (χ0) is 11.6. The van der Waals surface area contributed by atoms with Crippen LogP contribution in [-0.4, -0.2) is 11.3 Å². The van der Waals surface area contributed by atoms with Crippen LogP contribution in [0.1, 0.15) is 5.56 Å². The van der Waals surface area contributed by atoms with Crippen molar-refractivity contribution >= 4 is 5.69 Å². The van der Waals surface area contributed by atoms with Crippen LogP contribution in [0.5, 0.6) is 5.75 Å². The number of pyridine rings is 1. The predicted octanol–water partition coefficient (Wildman–Crippen LogP) is 0.727. The number of nitrogens with one attached hydrogen (secondary N) is 1. The third kappa shape index (κ3) is 2.40. The smallest absolute Gasteiger partial charge is 0.402 e. The van der Waals surface area contributed by atoms with E-state index in [-0.39, 0.29) is 0 Å². The van der Waals surface area contributed by atoms with Crippen molar-refractivity contribution in [3.8, 4) is 11.8 Å². The van der Waals surface area contributed by atoms with Crippen molar-refractivity contribution in [3.63, 3.8) is 0 Å². The van der Waals surface area contributed by atoms with Crippen molar-refractivity contribution in [2.24, 2.45) is 0 Å². The summed E-state index contributed by atoms with van der Waals surface area (Å²) in [6, 6.07) is 1.41. The normalized spacial score (nSPS) is 10.8. The minimum Gasteiger partial charge on any atom is -0.402 e. The Kier molecular flexibility index (Phi) is 2.57. The van der Waals surface area contributed by atoms with Gasteiger partial charge in [0.1, 0.15) is 17.3 Å². The molecule has 1 aromatic rings. The number of aromatic amines is 1. The second kappa shape index (κ2) is 3.53. The van der Waals surface area contributed by atoms with Crippen molar-refractivity contribution in [1.82, 2.24) is 4.98 Å². The van der Waals surface area contributed by atoms with Crippen LogP contribution in [0, 0.1) is 11.3 Å². The molecular weight excluding hydrogens is 215 g/mol. The van der Waals surface area contributed by atoms with Gasteiger partial charge in [-0.25, -0.2) is 0 Å². The first-order valence-electron chi connectivity index (χ1n) is 3.52. The Morgan fingerprint density at radius 3 is 2.60 bits per heavy atom. The molecule has 1 heterocycles. The number of nitrogens with two attached hydrogens (primary N) is 1. The van der Waals surface area contributed by atoms with Gasteiger partial charge in [-0.3, -0.25) is 4.79 Å². The van der Waals surface area contributed by atoms with E-state index in [2.05, 4.69) is 4.74 Å². The molecule has 0 saturated heterocycles. The molecular formula is C7H4F3N3O2. The lowest BCUT2D eigenvalue weighted by Crippen LogP contribution is -2.22. The van der Waals surface area contributed by atoms with E-state index >= 15 is 0 Å². The number of halogens is 3. The first kappa shape index (κ1) is 10.9. The molecule has 80 valence electrons. The molecule has 1 rings (SSSR count). The van der Waals surface area contributed by atoms with Crippen LogP contribution in [-0.2, 0) is 0 Å². The Hall–Kier alpha value is -2.17. The van der Waals surface area contributed by atoms with Gasteiger partial charge in [-0.1, -0.05) is 0 Å². The summed E-state index contributed by atoms with van der Waals surface area (Å²) in [5.41, 5.74) is 2.81. The molecule has 5 nitrogen and oxygen atoms in total. The van der Waals surface area contributed by atoms with Crippen LogP contribution >= 0.6 is 0 Å². The fraction of sp³-hybridized carbons (Fsp3) is 0.143. The van der Waals surface area contributed by atoms with E-state index in [1.807, 2.05) is 4.98 Å². The van der Waals surface area contributed by atoms with Gasteiger partial charge in [0, 0.05) is 6.20 Å². The molecule has 0 atom stereocenters. The second-order valence-corrected chi connectivity index (χ2v) is 2.43. The number of ether oxygens (including phenoxy) is 1. The number of anilines is 1. The SMILES string of the molecule is N#Cc1c[nH]c(=O)c(N)c1OC(F)(F)F. The number of hydrogen-bond donors (Lipinski definition) is 2. The highest BCUT2D eigenvalue weighted by atomic mass is 19.4. The Morgan fingerprint density at radius 2 is 2.13 bits per heavy atom. The van der Waals surface area contributed by atoms with Gasteiger partial charge in [-0.05, 0) is 0 Å². The van der Waals surface area contributed by atoms with Gasteiger partial charge in [0.2, 0.25) is 0 Å². The van der Waals surface area contributed by atoms with Crippen LogP contribution in [0.2, 0.25) is 0 Å². The van der Waals surface area contributed by atoms with E-state index in [0.29, 0.717) is 0 Å². The summed E-state index contributed by atoms with van der Waals surface area (Å²) in [4.78, 5) is 12.9. The molecule has 0 amide bonds. The number of nitriles is 1. The number of aromatic nitrogens is 1. The van der Waals surface area contributed by atoms with Crippen LogP contribution < -0.4 is 16.0 Å². The molecule has 15 heavy (non-hydrogen) atoms. The summed E-state index contributed by atoms with van der Waals surface area (Å²) >= 11 is 0. The van der Waals surface area contributed by atoms with Crippen molar-refractivity contribution in [2.45, 2.75) is 6.36 Å². The quantitative estimate of drug-likeness (QED) is 0.728. The molecule has 0 aliphatic rings. The molecule has 0 aromatic carbocycles. The van der Waals surface area contributed by atoms with Gasteiger partial charge in [-0.2, -0.15) is 5.26 Å². The lowest BCUT2D eigenvalue weighted by molar-refractivity contribution is -0.274. The highest BCUT2D eigenvalue weighted by Crippen LogP contribution is 2.28. The lowest BCUT2D eigenvalue weighted by Gasteiger charge is -2.11. The first-order chi connectivity index (χ1) is 6.85. The largest absolute Gasteiger partial charge is 0.573 e. The fourth-order valence-corrected chi connectivity index (χ4v) is 0.838. The molecule has 8 heteroatoms. The number of nitrogens with zero attached hydrogens (tertiary/aromatic N) is 1. The minimum atomic E-state index is -5.01. The summed E-state index contributed by atoms with van der Waals surface area (Å²) in [5, 5.41) is 8.46. The van der Waals surface area contributed by atoms with Gasteiger partial charge in [0.15, 0.2) is 5.75 Å². The van der Waals surface area contributed by atoms with E-state index in [1.165, 1.54) is 6.07 Å². The molecule has 0 bridgehead atoms. The highest BCUT2D eigenvalue weighted by Gasteiger charge is 2.33. The minimum absolute atomic E-state index is 0.496. The van der Waals surface area contributed by atoms with Gasteiger partial charge < -0.3 is 15.5 Å². The van der Waals surface area contributed by atoms with E-state index in [9.17, 15) is 18.0 Å².